The Labute approximate surface area is 187 Å². The van der Waals surface area contributed by atoms with Crippen LogP contribution in [0.3, 0.4) is 0 Å². The van der Waals surface area contributed by atoms with Crippen LogP contribution in [0.25, 0.3) is 0 Å². The molecule has 0 heterocycles. The van der Waals surface area contributed by atoms with Gasteiger partial charge in [0.1, 0.15) is 6.61 Å². The maximum absolute atomic E-state index is 12.0. The first-order chi connectivity index (χ1) is 15.7. The molecule has 0 aliphatic carbocycles. The number of hydrogen-bond donors (Lipinski definition) is 1. The molecule has 0 aliphatic heterocycles. The second-order valence-corrected chi connectivity index (χ2v) is 6.65. The van der Waals surface area contributed by atoms with E-state index in [1.54, 1.807) is 25.3 Å². The molecule has 32 heavy (non-hydrogen) atoms. The van der Waals surface area contributed by atoms with E-state index >= 15 is 0 Å². The highest BCUT2D eigenvalue weighted by molar-refractivity contribution is 5.83. The van der Waals surface area contributed by atoms with Crippen molar-refractivity contribution in [2.24, 2.45) is 5.10 Å². The number of nitrogens with one attached hydrogen (secondary N) is 1. The van der Waals surface area contributed by atoms with E-state index in [0.717, 1.165) is 11.1 Å². The van der Waals surface area contributed by atoms with E-state index in [0.29, 0.717) is 36.2 Å². The quantitative estimate of drug-likeness (QED) is 0.361. The van der Waals surface area contributed by atoms with Gasteiger partial charge in [0.2, 0.25) is 0 Å². The summed E-state index contributed by atoms with van der Waals surface area (Å²) in [5.41, 5.74) is 4.27. The molecule has 0 unspecified atom stereocenters. The zero-order chi connectivity index (χ0) is 22.6. The maximum Gasteiger partial charge on any atom is 0.277 e. The Bertz CT molecular complexity index is 1040. The molecule has 7 nitrogen and oxygen atoms in total. The molecular weight excluding hydrogens is 408 g/mol. The largest absolute Gasteiger partial charge is 0.493 e. The van der Waals surface area contributed by atoms with Gasteiger partial charge in [-0.3, -0.25) is 4.79 Å². The predicted octanol–water partition coefficient (Wildman–Crippen LogP) is 4.20. The molecule has 0 saturated heterocycles. The van der Waals surface area contributed by atoms with Crippen LogP contribution in [-0.4, -0.2) is 32.4 Å². The van der Waals surface area contributed by atoms with E-state index in [1.807, 2.05) is 61.5 Å². The first-order valence-corrected chi connectivity index (χ1v) is 10.2. The lowest BCUT2D eigenvalue weighted by atomic mass is 10.2. The van der Waals surface area contributed by atoms with Crippen molar-refractivity contribution >= 4 is 12.1 Å². The molecule has 0 fully saturated rings. The standard InChI is InChI=1S/C25H26N2O5/c1-3-30-24-15-20(13-14-23(24)31-17-19-9-5-4-6-10-19)16-26-27-25(28)18-32-22-12-8-7-11-21(22)29-2/h4-16H,3,17-18H2,1-2H3,(H,27,28)/b26-16-. The van der Waals surface area contributed by atoms with E-state index in [9.17, 15) is 4.79 Å². The summed E-state index contributed by atoms with van der Waals surface area (Å²) >= 11 is 0. The first kappa shape index (κ1) is 22.7. The smallest absolute Gasteiger partial charge is 0.277 e. The number of nitrogens with zero attached hydrogens (tertiary/aromatic N) is 1. The van der Waals surface area contributed by atoms with E-state index in [2.05, 4.69) is 10.5 Å². The summed E-state index contributed by atoms with van der Waals surface area (Å²) in [6.07, 6.45) is 1.53. The summed E-state index contributed by atoms with van der Waals surface area (Å²) in [6, 6.07) is 22.5. The minimum atomic E-state index is -0.389. The van der Waals surface area contributed by atoms with E-state index in [-0.39, 0.29) is 12.5 Å². The molecule has 0 saturated carbocycles. The SMILES string of the molecule is CCOc1cc(/C=N\NC(=O)COc2ccccc2OC)ccc1OCc1ccccc1. The number of amides is 1. The minimum Gasteiger partial charge on any atom is -0.493 e. The lowest BCUT2D eigenvalue weighted by Gasteiger charge is -2.12. The Hall–Kier alpha value is -4.00. The predicted molar refractivity (Wildman–Crippen MR) is 123 cm³/mol. The third-order valence-electron chi connectivity index (χ3n) is 4.34. The van der Waals surface area contributed by atoms with Gasteiger partial charge in [0.05, 0.1) is 19.9 Å². The van der Waals surface area contributed by atoms with Crippen LogP contribution < -0.4 is 24.4 Å². The van der Waals surface area contributed by atoms with Crippen molar-refractivity contribution in [3.05, 3.63) is 83.9 Å². The number of ether oxygens (including phenoxy) is 4. The summed E-state index contributed by atoms with van der Waals surface area (Å²) in [5.74, 6) is 1.91. The molecule has 1 N–H and O–H groups in total. The fourth-order valence-electron chi connectivity index (χ4n) is 2.82. The second-order valence-electron chi connectivity index (χ2n) is 6.65. The maximum atomic E-state index is 12.0. The topological polar surface area (TPSA) is 78.4 Å². The Morgan fingerprint density at radius 2 is 1.59 bits per heavy atom. The monoisotopic (exact) mass is 434 g/mol. The van der Waals surface area contributed by atoms with Crippen LogP contribution in [0.1, 0.15) is 18.1 Å². The number of carbonyl (C=O) groups is 1. The van der Waals surface area contributed by atoms with Crippen LogP contribution >= 0.6 is 0 Å². The lowest BCUT2D eigenvalue weighted by Crippen LogP contribution is -2.24. The Morgan fingerprint density at radius 3 is 2.34 bits per heavy atom. The van der Waals surface area contributed by atoms with Gasteiger partial charge in [-0.05, 0) is 48.4 Å². The van der Waals surface area contributed by atoms with Gasteiger partial charge >= 0.3 is 0 Å². The van der Waals surface area contributed by atoms with E-state index in [1.165, 1.54) is 6.21 Å². The highest BCUT2D eigenvalue weighted by Gasteiger charge is 2.08. The Balaban J connectivity index is 1.55. The zero-order valence-electron chi connectivity index (χ0n) is 18.1. The first-order valence-electron chi connectivity index (χ1n) is 10.2. The van der Waals surface area contributed by atoms with Crippen molar-refractivity contribution in [2.75, 3.05) is 20.3 Å². The third kappa shape index (κ3) is 6.77. The summed E-state index contributed by atoms with van der Waals surface area (Å²) < 4.78 is 22.3. The lowest BCUT2D eigenvalue weighted by molar-refractivity contribution is -0.123. The fourth-order valence-corrected chi connectivity index (χ4v) is 2.82. The van der Waals surface area contributed by atoms with Crippen LogP contribution in [0.4, 0.5) is 0 Å². The van der Waals surface area contributed by atoms with Crippen molar-refractivity contribution in [3.8, 4) is 23.0 Å². The van der Waals surface area contributed by atoms with Crippen LogP contribution in [-0.2, 0) is 11.4 Å². The van der Waals surface area contributed by atoms with Gasteiger partial charge in [0.15, 0.2) is 29.6 Å². The van der Waals surface area contributed by atoms with Gasteiger partial charge in [-0.25, -0.2) is 5.43 Å². The van der Waals surface area contributed by atoms with Gasteiger partial charge in [-0.2, -0.15) is 5.10 Å². The molecule has 166 valence electrons. The van der Waals surface area contributed by atoms with Gasteiger partial charge in [0.25, 0.3) is 5.91 Å². The van der Waals surface area contributed by atoms with Crippen molar-refractivity contribution < 1.29 is 23.7 Å². The fraction of sp³-hybridized carbons (Fsp3) is 0.200. The average Bonchev–Trinajstić information content (AvgIpc) is 2.83. The van der Waals surface area contributed by atoms with Crippen LogP contribution in [0.2, 0.25) is 0 Å². The van der Waals surface area contributed by atoms with Gasteiger partial charge in [0, 0.05) is 0 Å². The molecule has 0 aromatic heterocycles. The van der Waals surface area contributed by atoms with E-state index in [4.69, 9.17) is 18.9 Å². The van der Waals surface area contributed by atoms with Crippen molar-refractivity contribution in [1.82, 2.24) is 5.43 Å². The third-order valence-corrected chi connectivity index (χ3v) is 4.34. The molecule has 0 atom stereocenters. The normalized spacial score (nSPS) is 10.6. The molecule has 0 bridgehead atoms. The molecular formula is C25H26N2O5. The van der Waals surface area contributed by atoms with Crippen LogP contribution in [0, 0.1) is 0 Å². The van der Waals surface area contributed by atoms with Crippen LogP contribution in [0.5, 0.6) is 23.0 Å². The summed E-state index contributed by atoms with van der Waals surface area (Å²) in [4.78, 5) is 12.0. The number of rotatable bonds is 11. The number of carbonyl (C=O) groups excluding carboxylic acids is 1. The minimum absolute atomic E-state index is 0.186. The number of hydrazone groups is 1. The Kier molecular flexibility index (Phi) is 8.50. The van der Waals surface area contributed by atoms with Crippen molar-refractivity contribution in [3.63, 3.8) is 0 Å². The molecule has 3 aromatic rings. The Morgan fingerprint density at radius 1 is 0.875 bits per heavy atom. The second kappa shape index (κ2) is 12.0. The van der Waals surface area contributed by atoms with Gasteiger partial charge < -0.3 is 18.9 Å². The molecule has 0 aliphatic rings. The van der Waals surface area contributed by atoms with Crippen LogP contribution in [0.15, 0.2) is 77.9 Å². The highest BCUT2D eigenvalue weighted by atomic mass is 16.5. The zero-order valence-corrected chi connectivity index (χ0v) is 18.1. The van der Waals surface area contributed by atoms with Crippen molar-refractivity contribution in [1.29, 1.82) is 0 Å². The average molecular weight is 434 g/mol. The molecule has 3 rings (SSSR count). The molecule has 1 amide bonds. The summed E-state index contributed by atoms with van der Waals surface area (Å²) in [7, 11) is 1.54. The highest BCUT2D eigenvalue weighted by Crippen LogP contribution is 2.29. The number of methoxy groups -OCH3 is 1. The number of benzene rings is 3. The number of hydrogen-bond acceptors (Lipinski definition) is 6. The van der Waals surface area contributed by atoms with Crippen molar-refractivity contribution in [2.45, 2.75) is 13.5 Å². The molecule has 3 aromatic carbocycles. The molecule has 7 heteroatoms. The molecule has 0 radical (unpaired) electrons. The molecule has 0 spiro atoms. The number of para-hydroxylation sites is 2. The van der Waals surface area contributed by atoms with Gasteiger partial charge in [-0.15, -0.1) is 0 Å². The van der Waals surface area contributed by atoms with E-state index < -0.39 is 0 Å². The summed E-state index contributed by atoms with van der Waals surface area (Å²) in [5, 5.41) is 3.99. The summed E-state index contributed by atoms with van der Waals surface area (Å²) in [6.45, 7) is 2.66. The van der Waals surface area contributed by atoms with Gasteiger partial charge in [-0.1, -0.05) is 42.5 Å².